The number of allylic oxidation sites excluding steroid dienone is 1. The summed E-state index contributed by atoms with van der Waals surface area (Å²) in [4.78, 5) is 25.5. The fraction of sp³-hybridized carbons (Fsp3) is 0.538. The van der Waals surface area contributed by atoms with E-state index >= 15 is 0 Å². The first-order valence-electron chi connectivity index (χ1n) is 11.7. The number of aliphatic hydroxyl groups is 2. The number of carbonyl (C=O) groups is 1. The first kappa shape index (κ1) is 26.2. The van der Waals surface area contributed by atoms with Gasteiger partial charge in [0.05, 0.1) is 16.9 Å². The lowest BCUT2D eigenvalue weighted by Gasteiger charge is -2.46. The highest BCUT2D eigenvalue weighted by atomic mass is 16.7. The van der Waals surface area contributed by atoms with Crippen molar-refractivity contribution in [2.45, 2.75) is 64.8 Å². The number of amides is 1. The first-order chi connectivity index (χ1) is 16.8. The third-order valence-electron chi connectivity index (χ3n) is 7.48. The van der Waals surface area contributed by atoms with E-state index in [1.54, 1.807) is 26.8 Å². The molecule has 0 spiro atoms. The molecule has 2 unspecified atom stereocenters. The van der Waals surface area contributed by atoms with Crippen LogP contribution < -0.4 is 15.7 Å². The van der Waals surface area contributed by atoms with Crippen molar-refractivity contribution in [1.82, 2.24) is 0 Å². The van der Waals surface area contributed by atoms with E-state index in [0.29, 0.717) is 5.56 Å². The summed E-state index contributed by atoms with van der Waals surface area (Å²) in [5.74, 6) is -1.03. The Bertz CT molecular complexity index is 1260. The minimum atomic E-state index is -1.41. The van der Waals surface area contributed by atoms with Crippen molar-refractivity contribution in [2.24, 2.45) is 17.3 Å². The summed E-state index contributed by atoms with van der Waals surface area (Å²) in [5.41, 5.74) is -2.13. The summed E-state index contributed by atoms with van der Waals surface area (Å²) in [5, 5.41) is 34.5. The first-order valence-corrected chi connectivity index (χ1v) is 11.7. The lowest BCUT2D eigenvalue weighted by Crippen LogP contribution is -2.63. The number of hydrogen-bond acceptors (Lipinski definition) is 9. The molecule has 36 heavy (non-hydrogen) atoms. The highest BCUT2D eigenvalue weighted by Crippen LogP contribution is 2.59. The van der Waals surface area contributed by atoms with Gasteiger partial charge in [-0.25, -0.2) is 4.79 Å². The molecule has 2 aliphatic rings. The van der Waals surface area contributed by atoms with Crippen LogP contribution in [0.15, 0.2) is 34.0 Å². The van der Waals surface area contributed by atoms with Crippen molar-refractivity contribution in [2.75, 3.05) is 12.4 Å². The van der Waals surface area contributed by atoms with Crippen LogP contribution in [-0.2, 0) is 14.3 Å². The summed E-state index contributed by atoms with van der Waals surface area (Å²) in [7, 11) is 1.41. The largest absolute Gasteiger partial charge is 0.505 e. The monoisotopic (exact) mass is 503 g/mol. The van der Waals surface area contributed by atoms with Crippen LogP contribution in [0.2, 0.25) is 0 Å². The van der Waals surface area contributed by atoms with Gasteiger partial charge in [0.1, 0.15) is 29.6 Å². The maximum Gasteiger partial charge on any atom is 0.364 e. The molecule has 1 saturated carbocycles. The highest BCUT2D eigenvalue weighted by Gasteiger charge is 2.60. The molecule has 1 aromatic heterocycles. The molecule has 196 valence electrons. The third-order valence-corrected chi connectivity index (χ3v) is 7.48. The molecule has 10 heteroatoms. The van der Waals surface area contributed by atoms with Crippen molar-refractivity contribution < 1.29 is 38.7 Å². The number of methoxy groups -OCH3 is 1. The van der Waals surface area contributed by atoms with Gasteiger partial charge in [0, 0.05) is 12.7 Å². The van der Waals surface area contributed by atoms with Crippen LogP contribution in [0.5, 0.6) is 11.5 Å². The molecular weight excluding hydrogens is 470 g/mol. The Morgan fingerprint density at radius 2 is 1.86 bits per heavy atom. The van der Waals surface area contributed by atoms with E-state index in [1.165, 1.54) is 19.2 Å². The molecule has 1 aliphatic carbocycles. The molecule has 2 aromatic rings. The van der Waals surface area contributed by atoms with Gasteiger partial charge in [-0.15, -0.1) is 6.58 Å². The Labute approximate surface area is 208 Å². The van der Waals surface area contributed by atoms with Gasteiger partial charge in [0.25, 0.3) is 0 Å². The van der Waals surface area contributed by atoms with Crippen LogP contribution in [0.1, 0.15) is 33.3 Å². The Balaban J connectivity index is 1.63. The molecular formula is C26H33NO9. The molecule has 2 heterocycles. The quantitative estimate of drug-likeness (QED) is 0.345. The predicted molar refractivity (Wildman–Crippen MR) is 131 cm³/mol. The average Bonchev–Trinajstić information content (AvgIpc) is 3.37. The van der Waals surface area contributed by atoms with E-state index in [2.05, 4.69) is 11.9 Å². The zero-order valence-electron chi connectivity index (χ0n) is 21.2. The van der Waals surface area contributed by atoms with Crippen molar-refractivity contribution in [3.05, 3.63) is 40.8 Å². The van der Waals surface area contributed by atoms with Crippen molar-refractivity contribution in [3.8, 4) is 11.5 Å². The number of fused-ring (bicyclic) bond motifs is 1. The van der Waals surface area contributed by atoms with Crippen LogP contribution >= 0.6 is 0 Å². The van der Waals surface area contributed by atoms with Gasteiger partial charge >= 0.3 is 5.63 Å². The van der Waals surface area contributed by atoms with Crippen molar-refractivity contribution in [1.29, 1.82) is 0 Å². The smallest absolute Gasteiger partial charge is 0.364 e. The number of carbonyl (C=O) groups excluding carboxylic acids is 1. The van der Waals surface area contributed by atoms with Gasteiger partial charge in [0.2, 0.25) is 12.2 Å². The second-order valence-electron chi connectivity index (χ2n) is 10.6. The van der Waals surface area contributed by atoms with Crippen LogP contribution in [0.3, 0.4) is 0 Å². The lowest BCUT2D eigenvalue weighted by atomic mass is 9.89. The number of anilines is 1. The van der Waals surface area contributed by atoms with E-state index in [-0.39, 0.29) is 39.7 Å². The standard InChI is InChI=1S/C26H33NO9/c1-8-13-15(25(13,3)4)22(31)27-16-17(28)12-9-10-14(11(2)20(12)35-23(16)32)34-24-19(30)18(29)21(33-7)26(5,6)36-24/h8-10,13,15,18-19,21,24,28-30H,1H2,2-7H3,(H,27,31)/t13?,15?,18-,19+,21+,24+/m0/s1. The maximum absolute atomic E-state index is 12.8. The molecule has 1 amide bonds. The molecule has 0 radical (unpaired) electrons. The van der Waals surface area contributed by atoms with E-state index in [1.807, 2.05) is 13.8 Å². The average molecular weight is 504 g/mol. The summed E-state index contributed by atoms with van der Waals surface area (Å²) in [6.07, 6.45) is -3.00. The molecule has 10 nitrogen and oxygen atoms in total. The van der Waals surface area contributed by atoms with Gasteiger partial charge in [0.15, 0.2) is 11.4 Å². The number of benzene rings is 1. The van der Waals surface area contributed by atoms with E-state index in [0.717, 1.165) is 0 Å². The van der Waals surface area contributed by atoms with Crippen LogP contribution in [0.25, 0.3) is 11.0 Å². The summed E-state index contributed by atoms with van der Waals surface area (Å²) < 4.78 is 22.4. The Hall–Kier alpha value is -2.92. The number of aliphatic hydroxyl groups excluding tert-OH is 2. The molecule has 6 atom stereocenters. The zero-order valence-corrected chi connectivity index (χ0v) is 21.2. The third kappa shape index (κ3) is 4.07. The number of ether oxygens (including phenoxy) is 3. The molecule has 1 saturated heterocycles. The van der Waals surface area contributed by atoms with E-state index < -0.39 is 47.5 Å². The molecule has 1 aliphatic heterocycles. The zero-order chi connectivity index (χ0) is 26.7. The normalized spacial score (nSPS) is 30.6. The Morgan fingerprint density at radius 3 is 2.44 bits per heavy atom. The summed E-state index contributed by atoms with van der Waals surface area (Å²) in [6, 6.07) is 2.98. The van der Waals surface area contributed by atoms with Crippen LogP contribution in [0, 0.1) is 24.2 Å². The lowest BCUT2D eigenvalue weighted by molar-refractivity contribution is -0.306. The highest BCUT2D eigenvalue weighted by molar-refractivity contribution is 6.00. The van der Waals surface area contributed by atoms with Gasteiger partial charge in [-0.3, -0.25) is 4.79 Å². The number of aryl methyl sites for hydroxylation is 1. The van der Waals surface area contributed by atoms with Gasteiger partial charge < -0.3 is 39.3 Å². The molecule has 4 N–H and O–H groups in total. The molecule has 4 rings (SSSR count). The number of rotatable bonds is 6. The molecule has 0 bridgehead atoms. The second-order valence-corrected chi connectivity index (χ2v) is 10.6. The SMILES string of the molecule is C=CC1C(C(=O)Nc2c(O)c3ccc(O[C@@H]4OC(C)(C)[C@H](OC)[C@@H](O)[C@H]4O)c(C)c3oc2=O)C1(C)C. The van der Waals surface area contributed by atoms with Crippen LogP contribution in [0.4, 0.5) is 5.69 Å². The minimum absolute atomic E-state index is 0.0332. The number of aromatic hydroxyl groups is 1. The van der Waals surface area contributed by atoms with Crippen molar-refractivity contribution >= 4 is 22.6 Å². The summed E-state index contributed by atoms with van der Waals surface area (Å²) in [6.45, 7) is 12.6. The second kappa shape index (κ2) is 8.88. The van der Waals surface area contributed by atoms with Crippen LogP contribution in [-0.4, -0.2) is 58.5 Å². The fourth-order valence-corrected chi connectivity index (χ4v) is 5.25. The fourth-order valence-electron chi connectivity index (χ4n) is 5.25. The number of hydrogen-bond donors (Lipinski definition) is 4. The van der Waals surface area contributed by atoms with Gasteiger partial charge in [-0.1, -0.05) is 19.9 Å². The Morgan fingerprint density at radius 1 is 1.19 bits per heavy atom. The topological polar surface area (TPSA) is 148 Å². The molecule has 2 fully saturated rings. The van der Waals surface area contributed by atoms with E-state index in [4.69, 9.17) is 18.6 Å². The van der Waals surface area contributed by atoms with Crippen molar-refractivity contribution in [3.63, 3.8) is 0 Å². The number of nitrogens with one attached hydrogen (secondary N) is 1. The summed E-state index contributed by atoms with van der Waals surface area (Å²) >= 11 is 0. The van der Waals surface area contributed by atoms with Gasteiger partial charge in [-0.05, 0) is 44.2 Å². The maximum atomic E-state index is 12.8. The molecule has 1 aromatic carbocycles. The Kier molecular flexibility index (Phi) is 6.45. The van der Waals surface area contributed by atoms with Gasteiger partial charge in [-0.2, -0.15) is 0 Å². The minimum Gasteiger partial charge on any atom is -0.505 e. The predicted octanol–water partition coefficient (Wildman–Crippen LogP) is 2.45. The van der Waals surface area contributed by atoms with E-state index in [9.17, 15) is 24.9 Å².